The van der Waals surface area contributed by atoms with Gasteiger partial charge < -0.3 is 10.2 Å². The summed E-state index contributed by atoms with van der Waals surface area (Å²) < 4.78 is 13.7. The molecule has 0 spiro atoms. The van der Waals surface area contributed by atoms with Crippen LogP contribution in [0.2, 0.25) is 0 Å². The molecule has 0 bridgehead atoms. The maximum absolute atomic E-state index is 13.7. The van der Waals surface area contributed by atoms with E-state index in [2.05, 4.69) is 15.1 Å². The van der Waals surface area contributed by atoms with Gasteiger partial charge in [-0.05, 0) is 18.1 Å². The molecule has 0 amide bonds. The zero-order valence-electron chi connectivity index (χ0n) is 10.6. The van der Waals surface area contributed by atoms with Crippen LogP contribution in [0.25, 0.3) is 0 Å². The van der Waals surface area contributed by atoms with E-state index in [0.29, 0.717) is 0 Å². The van der Waals surface area contributed by atoms with Gasteiger partial charge in [0.25, 0.3) is 0 Å². The number of nitrogens with one attached hydrogen (secondary N) is 1. The molecule has 2 saturated heterocycles. The largest absolute Gasteiger partial charge is 0.367 e. The van der Waals surface area contributed by atoms with Crippen molar-refractivity contribution in [2.75, 3.05) is 50.7 Å². The van der Waals surface area contributed by atoms with Crippen LogP contribution in [0.1, 0.15) is 0 Å². The van der Waals surface area contributed by atoms with E-state index in [1.54, 1.807) is 12.1 Å². The maximum Gasteiger partial charge on any atom is 0.146 e. The van der Waals surface area contributed by atoms with Gasteiger partial charge in [0.15, 0.2) is 0 Å². The summed E-state index contributed by atoms with van der Waals surface area (Å²) in [7, 11) is 0. The van der Waals surface area contributed by atoms with Crippen molar-refractivity contribution in [3.63, 3.8) is 0 Å². The first-order valence-electron chi connectivity index (χ1n) is 6.75. The Balaban J connectivity index is 1.54. The molecule has 2 heterocycles. The Labute approximate surface area is 108 Å². The van der Waals surface area contributed by atoms with Gasteiger partial charge in [0.1, 0.15) is 5.82 Å². The van der Waals surface area contributed by atoms with Gasteiger partial charge in [-0.15, -0.1) is 0 Å². The molecule has 0 atom stereocenters. The zero-order chi connectivity index (χ0) is 12.4. The standard InChI is InChI=1S/C14H20FN3/c15-13-3-1-2-4-14(13)18-7-5-17(6-8-18)11-12-9-16-10-12/h1-4,12,16H,5-11H2. The summed E-state index contributed by atoms with van der Waals surface area (Å²) in [6, 6.07) is 7.08. The van der Waals surface area contributed by atoms with Crippen molar-refractivity contribution in [3.05, 3.63) is 30.1 Å². The number of hydrogen-bond donors (Lipinski definition) is 1. The Kier molecular flexibility index (Phi) is 3.48. The summed E-state index contributed by atoms with van der Waals surface area (Å²) >= 11 is 0. The molecule has 0 radical (unpaired) electrons. The molecule has 2 aliphatic heterocycles. The second kappa shape index (κ2) is 5.24. The Bertz CT molecular complexity index is 398. The van der Waals surface area contributed by atoms with E-state index in [9.17, 15) is 4.39 Å². The van der Waals surface area contributed by atoms with Crippen LogP contribution >= 0.6 is 0 Å². The highest BCUT2D eigenvalue weighted by molar-refractivity contribution is 5.47. The van der Waals surface area contributed by atoms with Crippen molar-refractivity contribution in [1.29, 1.82) is 0 Å². The number of benzene rings is 1. The van der Waals surface area contributed by atoms with E-state index in [-0.39, 0.29) is 5.82 Å². The number of rotatable bonds is 3. The number of hydrogen-bond acceptors (Lipinski definition) is 3. The average molecular weight is 249 g/mol. The maximum atomic E-state index is 13.7. The van der Waals surface area contributed by atoms with Crippen molar-refractivity contribution < 1.29 is 4.39 Å². The highest BCUT2D eigenvalue weighted by Crippen LogP contribution is 2.20. The van der Waals surface area contributed by atoms with Crippen LogP contribution in [0.4, 0.5) is 10.1 Å². The molecule has 4 heteroatoms. The van der Waals surface area contributed by atoms with E-state index in [0.717, 1.165) is 50.9 Å². The normalized spacial score (nSPS) is 21.9. The van der Waals surface area contributed by atoms with Gasteiger partial charge in [0.2, 0.25) is 0 Å². The van der Waals surface area contributed by atoms with Crippen LogP contribution in [0.15, 0.2) is 24.3 Å². The lowest BCUT2D eigenvalue weighted by Crippen LogP contribution is -2.53. The number of nitrogens with zero attached hydrogens (tertiary/aromatic N) is 2. The Morgan fingerprint density at radius 3 is 2.44 bits per heavy atom. The fourth-order valence-corrected chi connectivity index (χ4v) is 2.72. The summed E-state index contributed by atoms with van der Waals surface area (Å²) in [5, 5.41) is 3.31. The molecular weight excluding hydrogens is 229 g/mol. The molecule has 1 aromatic carbocycles. The first kappa shape index (κ1) is 11.9. The second-order valence-corrected chi connectivity index (χ2v) is 5.26. The van der Waals surface area contributed by atoms with Gasteiger partial charge in [-0.3, -0.25) is 4.90 Å². The van der Waals surface area contributed by atoms with Crippen LogP contribution in [0.3, 0.4) is 0 Å². The fraction of sp³-hybridized carbons (Fsp3) is 0.571. The molecule has 2 fully saturated rings. The van der Waals surface area contributed by atoms with Crippen LogP contribution in [-0.4, -0.2) is 50.7 Å². The molecule has 3 rings (SSSR count). The van der Waals surface area contributed by atoms with E-state index in [1.807, 2.05) is 12.1 Å². The molecule has 18 heavy (non-hydrogen) atoms. The van der Waals surface area contributed by atoms with Gasteiger partial charge in [-0.1, -0.05) is 12.1 Å². The third kappa shape index (κ3) is 2.49. The van der Waals surface area contributed by atoms with E-state index >= 15 is 0 Å². The summed E-state index contributed by atoms with van der Waals surface area (Å²) in [6.45, 7) is 7.47. The summed E-state index contributed by atoms with van der Waals surface area (Å²) in [4.78, 5) is 4.66. The van der Waals surface area contributed by atoms with Gasteiger partial charge in [-0.2, -0.15) is 0 Å². The lowest BCUT2D eigenvalue weighted by molar-refractivity contribution is 0.184. The van der Waals surface area contributed by atoms with Crippen molar-refractivity contribution >= 4 is 5.69 Å². The molecule has 2 aliphatic rings. The monoisotopic (exact) mass is 249 g/mol. The molecule has 3 nitrogen and oxygen atoms in total. The second-order valence-electron chi connectivity index (χ2n) is 5.26. The van der Waals surface area contributed by atoms with Crippen molar-refractivity contribution in [1.82, 2.24) is 10.2 Å². The summed E-state index contributed by atoms with van der Waals surface area (Å²) in [6.07, 6.45) is 0. The number of piperazine rings is 1. The fourth-order valence-electron chi connectivity index (χ4n) is 2.72. The van der Waals surface area contributed by atoms with Gasteiger partial charge in [0, 0.05) is 45.8 Å². The highest BCUT2D eigenvalue weighted by atomic mass is 19.1. The smallest absolute Gasteiger partial charge is 0.146 e. The zero-order valence-corrected chi connectivity index (χ0v) is 10.6. The van der Waals surface area contributed by atoms with E-state index < -0.39 is 0 Å². The minimum atomic E-state index is -0.103. The Morgan fingerprint density at radius 2 is 1.83 bits per heavy atom. The Hall–Kier alpha value is -1.13. The third-order valence-electron chi connectivity index (χ3n) is 3.95. The van der Waals surface area contributed by atoms with Gasteiger partial charge in [0.05, 0.1) is 5.69 Å². The number of halogens is 1. The molecule has 1 aromatic rings. The van der Waals surface area contributed by atoms with Crippen LogP contribution in [0, 0.1) is 11.7 Å². The summed E-state index contributed by atoms with van der Waals surface area (Å²) in [5.74, 6) is 0.721. The van der Waals surface area contributed by atoms with Crippen LogP contribution in [0.5, 0.6) is 0 Å². The average Bonchev–Trinajstić information content (AvgIpc) is 2.35. The molecule has 0 aliphatic carbocycles. The lowest BCUT2D eigenvalue weighted by Gasteiger charge is -2.39. The van der Waals surface area contributed by atoms with Crippen molar-refractivity contribution in [2.24, 2.45) is 5.92 Å². The molecule has 0 saturated carbocycles. The minimum Gasteiger partial charge on any atom is -0.367 e. The number of para-hydroxylation sites is 1. The first-order chi connectivity index (χ1) is 8.83. The number of anilines is 1. The van der Waals surface area contributed by atoms with Gasteiger partial charge >= 0.3 is 0 Å². The predicted molar refractivity (Wildman–Crippen MR) is 71.4 cm³/mol. The van der Waals surface area contributed by atoms with Crippen molar-refractivity contribution in [3.8, 4) is 0 Å². The quantitative estimate of drug-likeness (QED) is 0.867. The van der Waals surface area contributed by atoms with Crippen molar-refractivity contribution in [2.45, 2.75) is 0 Å². The van der Waals surface area contributed by atoms with E-state index in [1.165, 1.54) is 6.54 Å². The highest BCUT2D eigenvalue weighted by Gasteiger charge is 2.24. The molecule has 0 unspecified atom stereocenters. The molecular formula is C14H20FN3. The summed E-state index contributed by atoms with van der Waals surface area (Å²) in [5.41, 5.74) is 0.752. The predicted octanol–water partition coefficient (Wildman–Crippen LogP) is 1.17. The van der Waals surface area contributed by atoms with Crippen LogP contribution < -0.4 is 10.2 Å². The molecule has 1 N–H and O–H groups in total. The first-order valence-corrected chi connectivity index (χ1v) is 6.75. The minimum absolute atomic E-state index is 0.103. The lowest BCUT2D eigenvalue weighted by atomic mass is 10.0. The Morgan fingerprint density at radius 1 is 1.11 bits per heavy atom. The SMILES string of the molecule is Fc1ccccc1N1CCN(CC2CNC2)CC1. The molecule has 98 valence electrons. The van der Waals surface area contributed by atoms with Gasteiger partial charge in [-0.25, -0.2) is 4.39 Å². The third-order valence-corrected chi connectivity index (χ3v) is 3.95. The molecule has 0 aromatic heterocycles. The van der Waals surface area contributed by atoms with Crippen LogP contribution in [-0.2, 0) is 0 Å². The van der Waals surface area contributed by atoms with E-state index in [4.69, 9.17) is 0 Å². The topological polar surface area (TPSA) is 18.5 Å².